The molecule has 0 aromatic heterocycles. The lowest BCUT2D eigenvalue weighted by atomic mass is 9.98. The molecule has 100 valence electrons. The summed E-state index contributed by atoms with van der Waals surface area (Å²) in [5.74, 6) is 0.599. The highest BCUT2D eigenvalue weighted by molar-refractivity contribution is 6.30. The van der Waals surface area contributed by atoms with E-state index < -0.39 is 6.10 Å². The second-order valence-corrected chi connectivity index (χ2v) is 4.82. The Balaban J connectivity index is 2.40. The number of hydrogen-bond donors (Lipinski definition) is 1. The van der Waals surface area contributed by atoms with Gasteiger partial charge in [-0.05, 0) is 29.7 Å². The molecular formula is C16H17ClO2. The molecule has 0 saturated carbocycles. The number of rotatable bonds is 4. The molecule has 0 spiro atoms. The molecule has 2 aromatic rings. The van der Waals surface area contributed by atoms with Crippen molar-refractivity contribution in [1.82, 2.24) is 0 Å². The van der Waals surface area contributed by atoms with Crippen LogP contribution in [0.5, 0.6) is 5.75 Å². The highest BCUT2D eigenvalue weighted by Gasteiger charge is 2.15. The van der Waals surface area contributed by atoms with Crippen LogP contribution in [0.4, 0.5) is 0 Å². The number of aliphatic hydroxyl groups excluding tert-OH is 1. The molecule has 0 heterocycles. The minimum Gasteiger partial charge on any atom is -0.496 e. The summed E-state index contributed by atoms with van der Waals surface area (Å²) in [7, 11) is 1.57. The summed E-state index contributed by atoms with van der Waals surface area (Å²) in [4.78, 5) is 0. The molecular weight excluding hydrogens is 260 g/mol. The largest absolute Gasteiger partial charge is 0.496 e. The van der Waals surface area contributed by atoms with Crippen molar-refractivity contribution in [3.05, 3.63) is 64.2 Å². The van der Waals surface area contributed by atoms with E-state index in [0.29, 0.717) is 10.8 Å². The van der Waals surface area contributed by atoms with Crippen LogP contribution in [0.25, 0.3) is 0 Å². The van der Waals surface area contributed by atoms with E-state index >= 15 is 0 Å². The van der Waals surface area contributed by atoms with Crippen LogP contribution in [0.1, 0.15) is 29.7 Å². The standard InChI is InChI=1S/C16H17ClO2/c1-3-11-5-4-6-12(9-11)16(18)14-8-7-13(17)10-15(14)19-2/h4-10,16,18H,3H2,1-2H3. The van der Waals surface area contributed by atoms with Crippen LogP contribution in [0.3, 0.4) is 0 Å². The fourth-order valence-corrected chi connectivity index (χ4v) is 2.24. The van der Waals surface area contributed by atoms with E-state index in [0.717, 1.165) is 17.5 Å². The Hall–Kier alpha value is -1.51. The molecule has 3 heteroatoms. The van der Waals surface area contributed by atoms with Crippen LogP contribution in [0, 0.1) is 0 Å². The van der Waals surface area contributed by atoms with Gasteiger partial charge in [-0.1, -0.05) is 48.9 Å². The summed E-state index contributed by atoms with van der Waals surface area (Å²) >= 11 is 5.93. The average molecular weight is 277 g/mol. The second-order valence-electron chi connectivity index (χ2n) is 4.39. The van der Waals surface area contributed by atoms with Crippen molar-refractivity contribution < 1.29 is 9.84 Å². The molecule has 2 rings (SSSR count). The minimum atomic E-state index is -0.710. The van der Waals surface area contributed by atoms with Crippen molar-refractivity contribution >= 4 is 11.6 Å². The number of hydrogen-bond acceptors (Lipinski definition) is 2. The summed E-state index contributed by atoms with van der Waals surface area (Å²) in [5.41, 5.74) is 2.78. The molecule has 1 N–H and O–H groups in total. The van der Waals surface area contributed by atoms with Gasteiger partial charge in [-0.25, -0.2) is 0 Å². The van der Waals surface area contributed by atoms with Gasteiger partial charge in [0.25, 0.3) is 0 Å². The van der Waals surface area contributed by atoms with Gasteiger partial charge in [0.1, 0.15) is 11.9 Å². The highest BCUT2D eigenvalue weighted by Crippen LogP contribution is 2.32. The normalized spacial score (nSPS) is 12.2. The van der Waals surface area contributed by atoms with Gasteiger partial charge in [0.05, 0.1) is 7.11 Å². The molecule has 0 saturated heterocycles. The number of aliphatic hydroxyl groups is 1. The Morgan fingerprint density at radius 3 is 2.68 bits per heavy atom. The summed E-state index contributed by atoms with van der Waals surface area (Å²) in [5, 5.41) is 11.1. The Morgan fingerprint density at radius 2 is 2.00 bits per heavy atom. The lowest BCUT2D eigenvalue weighted by Crippen LogP contribution is -2.03. The molecule has 1 unspecified atom stereocenters. The van der Waals surface area contributed by atoms with Gasteiger partial charge in [0.15, 0.2) is 0 Å². The van der Waals surface area contributed by atoms with Crippen molar-refractivity contribution in [2.75, 3.05) is 7.11 Å². The number of halogens is 1. The lowest BCUT2D eigenvalue weighted by molar-refractivity contribution is 0.214. The molecule has 0 aliphatic carbocycles. The Morgan fingerprint density at radius 1 is 1.21 bits per heavy atom. The average Bonchev–Trinajstić information content (AvgIpc) is 2.46. The van der Waals surface area contributed by atoms with E-state index in [2.05, 4.69) is 13.0 Å². The van der Waals surface area contributed by atoms with Crippen LogP contribution < -0.4 is 4.74 Å². The molecule has 2 nitrogen and oxygen atoms in total. The van der Waals surface area contributed by atoms with Gasteiger partial charge < -0.3 is 9.84 Å². The monoisotopic (exact) mass is 276 g/mol. The molecule has 0 amide bonds. The molecule has 19 heavy (non-hydrogen) atoms. The fraction of sp³-hybridized carbons (Fsp3) is 0.250. The molecule has 0 fully saturated rings. The van der Waals surface area contributed by atoms with Gasteiger partial charge in [-0.15, -0.1) is 0 Å². The van der Waals surface area contributed by atoms with Crippen molar-refractivity contribution in [3.63, 3.8) is 0 Å². The van der Waals surface area contributed by atoms with Crippen LogP contribution in [-0.4, -0.2) is 12.2 Å². The van der Waals surface area contributed by atoms with Crippen LogP contribution in [0.2, 0.25) is 5.02 Å². The molecule has 0 aliphatic rings. The van der Waals surface area contributed by atoms with Crippen LogP contribution >= 0.6 is 11.6 Å². The highest BCUT2D eigenvalue weighted by atomic mass is 35.5. The van der Waals surface area contributed by atoms with E-state index in [1.807, 2.05) is 18.2 Å². The minimum absolute atomic E-state index is 0.593. The molecule has 2 aromatic carbocycles. The maximum atomic E-state index is 10.5. The number of benzene rings is 2. The third kappa shape index (κ3) is 3.09. The number of ether oxygens (including phenoxy) is 1. The quantitative estimate of drug-likeness (QED) is 0.915. The predicted molar refractivity (Wildman–Crippen MR) is 77.9 cm³/mol. The first-order valence-corrected chi connectivity index (χ1v) is 6.63. The fourth-order valence-electron chi connectivity index (χ4n) is 2.07. The first-order valence-electron chi connectivity index (χ1n) is 6.26. The topological polar surface area (TPSA) is 29.5 Å². The molecule has 0 bridgehead atoms. The molecule has 1 atom stereocenters. The zero-order valence-corrected chi connectivity index (χ0v) is 11.8. The summed E-state index contributed by atoms with van der Waals surface area (Å²) in [6.45, 7) is 2.09. The second kappa shape index (κ2) is 6.09. The van der Waals surface area contributed by atoms with Gasteiger partial charge in [-0.3, -0.25) is 0 Å². The summed E-state index contributed by atoms with van der Waals surface area (Å²) in [6, 6.07) is 13.2. The van der Waals surface area contributed by atoms with E-state index in [1.165, 1.54) is 5.56 Å². The van der Waals surface area contributed by atoms with Crippen molar-refractivity contribution in [2.24, 2.45) is 0 Å². The van der Waals surface area contributed by atoms with Crippen LogP contribution in [0.15, 0.2) is 42.5 Å². The number of aryl methyl sites for hydroxylation is 1. The molecule has 0 aliphatic heterocycles. The third-order valence-corrected chi connectivity index (χ3v) is 3.40. The zero-order valence-electron chi connectivity index (χ0n) is 11.1. The Bertz CT molecular complexity index is 566. The summed E-state index contributed by atoms with van der Waals surface area (Å²) < 4.78 is 5.28. The van der Waals surface area contributed by atoms with Gasteiger partial charge in [-0.2, -0.15) is 0 Å². The maximum Gasteiger partial charge on any atom is 0.126 e. The maximum absolute atomic E-state index is 10.5. The van der Waals surface area contributed by atoms with Gasteiger partial charge >= 0.3 is 0 Å². The smallest absolute Gasteiger partial charge is 0.126 e. The predicted octanol–water partition coefficient (Wildman–Crippen LogP) is 3.99. The Kier molecular flexibility index (Phi) is 4.46. The first-order chi connectivity index (χ1) is 9.15. The van der Waals surface area contributed by atoms with E-state index in [4.69, 9.17) is 16.3 Å². The van der Waals surface area contributed by atoms with Crippen molar-refractivity contribution in [2.45, 2.75) is 19.4 Å². The Labute approximate surface area is 118 Å². The van der Waals surface area contributed by atoms with Gasteiger partial charge in [0.2, 0.25) is 0 Å². The molecule has 0 radical (unpaired) electrons. The van der Waals surface area contributed by atoms with E-state index in [-0.39, 0.29) is 0 Å². The SMILES string of the molecule is CCc1cccc(C(O)c2ccc(Cl)cc2OC)c1. The first kappa shape index (κ1) is 13.9. The lowest BCUT2D eigenvalue weighted by Gasteiger charge is -2.16. The van der Waals surface area contributed by atoms with Gasteiger partial charge in [0, 0.05) is 10.6 Å². The third-order valence-electron chi connectivity index (χ3n) is 3.17. The van der Waals surface area contributed by atoms with E-state index in [1.54, 1.807) is 25.3 Å². The van der Waals surface area contributed by atoms with Crippen LogP contribution in [-0.2, 0) is 6.42 Å². The zero-order chi connectivity index (χ0) is 13.8. The van der Waals surface area contributed by atoms with E-state index in [9.17, 15) is 5.11 Å². The number of methoxy groups -OCH3 is 1. The summed E-state index contributed by atoms with van der Waals surface area (Å²) in [6.07, 6.45) is 0.233. The van der Waals surface area contributed by atoms with Crippen molar-refractivity contribution in [1.29, 1.82) is 0 Å². The van der Waals surface area contributed by atoms with Crippen molar-refractivity contribution in [3.8, 4) is 5.75 Å².